The number of aryl methyl sites for hydroxylation is 1. The third-order valence-corrected chi connectivity index (χ3v) is 4.35. The van der Waals surface area contributed by atoms with E-state index in [1.165, 1.54) is 0 Å². The number of amides is 2. The first-order chi connectivity index (χ1) is 12.8. The fourth-order valence-corrected chi connectivity index (χ4v) is 3.04. The normalized spacial score (nSPS) is 10.6. The van der Waals surface area contributed by atoms with Crippen molar-refractivity contribution >= 4 is 29.1 Å². The van der Waals surface area contributed by atoms with E-state index in [0.29, 0.717) is 28.6 Å². The molecule has 0 aliphatic carbocycles. The second-order valence-corrected chi connectivity index (χ2v) is 6.98. The summed E-state index contributed by atoms with van der Waals surface area (Å²) < 4.78 is 5.68. The van der Waals surface area contributed by atoms with Gasteiger partial charge in [-0.2, -0.15) is 0 Å². The second kappa shape index (κ2) is 9.42. The molecule has 0 bridgehead atoms. The summed E-state index contributed by atoms with van der Waals surface area (Å²) in [6.45, 7) is 8.25. The number of ether oxygens (including phenoxy) is 1. The van der Waals surface area contributed by atoms with Crippen LogP contribution in [0.1, 0.15) is 48.2 Å². The smallest absolute Gasteiger partial charge is 0.262 e. The van der Waals surface area contributed by atoms with Crippen molar-refractivity contribution in [1.29, 1.82) is 0 Å². The fraction of sp³-hybridized carbons (Fsp3) is 0.333. The lowest BCUT2D eigenvalue weighted by Gasteiger charge is -2.14. The van der Waals surface area contributed by atoms with Crippen LogP contribution in [0.25, 0.3) is 0 Å². The average molecular weight is 389 g/mol. The van der Waals surface area contributed by atoms with Crippen molar-refractivity contribution in [3.8, 4) is 5.75 Å². The first-order valence-corrected chi connectivity index (χ1v) is 9.30. The third-order valence-electron chi connectivity index (χ3n) is 4.02. The molecule has 0 heterocycles. The van der Waals surface area contributed by atoms with Crippen LogP contribution in [0.5, 0.6) is 5.75 Å². The molecule has 2 N–H and O–H groups in total. The van der Waals surface area contributed by atoms with Gasteiger partial charge in [-0.05, 0) is 61.2 Å². The molecule has 0 aliphatic heterocycles. The zero-order valence-electron chi connectivity index (χ0n) is 16.1. The van der Waals surface area contributed by atoms with Crippen LogP contribution in [0.2, 0.25) is 5.02 Å². The third kappa shape index (κ3) is 5.73. The summed E-state index contributed by atoms with van der Waals surface area (Å²) in [4.78, 5) is 24.1. The minimum atomic E-state index is -0.302. The van der Waals surface area contributed by atoms with Gasteiger partial charge in [0.25, 0.3) is 11.8 Å². The molecule has 0 saturated heterocycles. The van der Waals surface area contributed by atoms with E-state index in [1.807, 2.05) is 26.0 Å². The van der Waals surface area contributed by atoms with Crippen LogP contribution in [0.15, 0.2) is 36.4 Å². The maximum Gasteiger partial charge on any atom is 0.262 e. The summed E-state index contributed by atoms with van der Waals surface area (Å²) in [5.74, 6) is 0.409. The van der Waals surface area contributed by atoms with Crippen molar-refractivity contribution in [3.05, 3.63) is 58.1 Å². The Labute approximate surface area is 165 Å². The lowest BCUT2D eigenvalue weighted by atomic mass is 10.0. The van der Waals surface area contributed by atoms with Crippen LogP contribution in [0.4, 0.5) is 5.69 Å². The summed E-state index contributed by atoms with van der Waals surface area (Å²) >= 11 is 6.26. The molecule has 2 rings (SSSR count). The van der Waals surface area contributed by atoms with E-state index >= 15 is 0 Å². The largest absolute Gasteiger partial charge is 0.483 e. The van der Waals surface area contributed by atoms with E-state index in [1.54, 1.807) is 24.3 Å². The maximum absolute atomic E-state index is 12.2. The minimum absolute atomic E-state index is 0.134. The van der Waals surface area contributed by atoms with E-state index < -0.39 is 0 Å². The highest BCUT2D eigenvalue weighted by atomic mass is 35.5. The Morgan fingerprint density at radius 1 is 1.19 bits per heavy atom. The molecule has 0 atom stereocenters. The lowest BCUT2D eigenvalue weighted by Crippen LogP contribution is -2.23. The molecule has 0 unspecified atom stereocenters. The molecular weight excluding hydrogens is 364 g/mol. The topological polar surface area (TPSA) is 67.4 Å². The maximum atomic E-state index is 12.2. The molecule has 6 heteroatoms. The molecule has 2 aromatic carbocycles. The van der Waals surface area contributed by atoms with E-state index in [0.717, 1.165) is 11.1 Å². The first-order valence-electron chi connectivity index (χ1n) is 8.92. The number of carbonyl (C=O) groups excluding carboxylic acids is 2. The van der Waals surface area contributed by atoms with Crippen molar-refractivity contribution in [3.63, 3.8) is 0 Å². The van der Waals surface area contributed by atoms with Gasteiger partial charge < -0.3 is 15.4 Å². The molecule has 0 saturated carbocycles. The average Bonchev–Trinajstić information content (AvgIpc) is 2.61. The highest BCUT2D eigenvalue weighted by molar-refractivity contribution is 6.31. The van der Waals surface area contributed by atoms with Crippen molar-refractivity contribution in [2.75, 3.05) is 18.5 Å². The van der Waals surface area contributed by atoms with Crippen LogP contribution in [0.3, 0.4) is 0 Å². The standard InChI is InChI=1S/C21H25ClN2O3/c1-5-23-21(26)15-7-6-8-16(10-15)24-20(25)12-27-19-11-17(13(2)3)18(22)9-14(19)4/h6-11,13H,5,12H2,1-4H3,(H,23,26)(H,24,25). The molecule has 2 amide bonds. The highest BCUT2D eigenvalue weighted by Gasteiger charge is 2.12. The lowest BCUT2D eigenvalue weighted by molar-refractivity contribution is -0.118. The van der Waals surface area contributed by atoms with E-state index in [2.05, 4.69) is 24.5 Å². The van der Waals surface area contributed by atoms with Gasteiger partial charge >= 0.3 is 0 Å². The molecule has 0 aromatic heterocycles. The number of benzene rings is 2. The second-order valence-electron chi connectivity index (χ2n) is 6.57. The Balaban J connectivity index is 2.02. The summed E-state index contributed by atoms with van der Waals surface area (Å²) in [5.41, 5.74) is 2.89. The number of nitrogens with one attached hydrogen (secondary N) is 2. The Bertz CT molecular complexity index is 834. The van der Waals surface area contributed by atoms with Crippen molar-refractivity contribution in [2.24, 2.45) is 0 Å². The van der Waals surface area contributed by atoms with E-state index in [9.17, 15) is 9.59 Å². The molecular formula is C21H25ClN2O3. The summed E-state index contributed by atoms with van der Waals surface area (Å²) in [7, 11) is 0. The Hall–Kier alpha value is -2.53. The van der Waals surface area contributed by atoms with Gasteiger partial charge in [0.1, 0.15) is 5.75 Å². The van der Waals surface area contributed by atoms with Gasteiger partial charge in [0.2, 0.25) is 0 Å². The number of halogens is 1. The van der Waals surface area contributed by atoms with Crippen LogP contribution in [-0.2, 0) is 4.79 Å². The van der Waals surface area contributed by atoms with E-state index in [4.69, 9.17) is 16.3 Å². The number of carbonyl (C=O) groups is 2. The quantitative estimate of drug-likeness (QED) is 0.731. The first kappa shape index (κ1) is 20.8. The minimum Gasteiger partial charge on any atom is -0.483 e. The zero-order valence-corrected chi connectivity index (χ0v) is 16.8. The van der Waals surface area contributed by atoms with Gasteiger partial charge in [-0.1, -0.05) is 31.5 Å². The molecule has 27 heavy (non-hydrogen) atoms. The van der Waals surface area contributed by atoms with Gasteiger partial charge in [-0.3, -0.25) is 9.59 Å². The molecule has 0 fully saturated rings. The van der Waals surface area contributed by atoms with E-state index in [-0.39, 0.29) is 24.3 Å². The van der Waals surface area contributed by atoms with Gasteiger partial charge in [-0.25, -0.2) is 0 Å². The predicted molar refractivity (Wildman–Crippen MR) is 109 cm³/mol. The predicted octanol–water partition coefficient (Wildman–Crippen LogP) is 4.54. The van der Waals surface area contributed by atoms with Gasteiger partial charge in [-0.15, -0.1) is 0 Å². The zero-order chi connectivity index (χ0) is 20.0. The van der Waals surface area contributed by atoms with Crippen LogP contribution < -0.4 is 15.4 Å². The fourth-order valence-electron chi connectivity index (χ4n) is 2.61. The van der Waals surface area contributed by atoms with Gasteiger partial charge in [0.15, 0.2) is 6.61 Å². The summed E-state index contributed by atoms with van der Waals surface area (Å²) in [5, 5.41) is 6.17. The van der Waals surface area contributed by atoms with Crippen LogP contribution in [-0.4, -0.2) is 25.0 Å². The van der Waals surface area contributed by atoms with Crippen molar-refractivity contribution < 1.29 is 14.3 Å². The molecule has 0 aliphatic rings. The Kier molecular flexibility index (Phi) is 7.25. The summed E-state index contributed by atoms with van der Waals surface area (Å²) in [6.07, 6.45) is 0. The molecule has 0 spiro atoms. The number of hydrogen-bond donors (Lipinski definition) is 2. The molecule has 0 radical (unpaired) electrons. The van der Waals surface area contributed by atoms with Crippen LogP contribution in [0, 0.1) is 6.92 Å². The Morgan fingerprint density at radius 3 is 2.59 bits per heavy atom. The monoisotopic (exact) mass is 388 g/mol. The summed E-state index contributed by atoms with van der Waals surface area (Å²) in [6, 6.07) is 10.5. The molecule has 2 aromatic rings. The number of rotatable bonds is 7. The van der Waals surface area contributed by atoms with Gasteiger partial charge in [0, 0.05) is 22.8 Å². The molecule has 144 valence electrons. The number of hydrogen-bond acceptors (Lipinski definition) is 3. The van der Waals surface area contributed by atoms with Crippen LogP contribution >= 0.6 is 11.6 Å². The number of anilines is 1. The van der Waals surface area contributed by atoms with Crippen molar-refractivity contribution in [2.45, 2.75) is 33.6 Å². The molecule has 5 nitrogen and oxygen atoms in total. The SMILES string of the molecule is CCNC(=O)c1cccc(NC(=O)COc2cc(C(C)C)c(Cl)cc2C)c1. The van der Waals surface area contributed by atoms with Crippen molar-refractivity contribution in [1.82, 2.24) is 5.32 Å². The highest BCUT2D eigenvalue weighted by Crippen LogP contribution is 2.31. The Morgan fingerprint density at radius 2 is 1.93 bits per heavy atom. The van der Waals surface area contributed by atoms with Gasteiger partial charge in [0.05, 0.1) is 0 Å².